The zero-order valence-corrected chi connectivity index (χ0v) is 49.6. The number of likely N-dealkylation sites (N-methyl/N-ethyl adjacent to an activating group) is 1. The third-order valence-corrected chi connectivity index (χ3v) is 13.5. The van der Waals surface area contributed by atoms with Crippen LogP contribution in [0.3, 0.4) is 0 Å². The molecule has 428 valence electrons. The molecular weight excluding hydrogens is 952 g/mol. The highest BCUT2D eigenvalue weighted by Gasteiger charge is 2.30. The molecule has 0 rings (SSSR count). The molecule has 0 saturated carbocycles. The molecule has 3 atom stereocenters. The summed E-state index contributed by atoms with van der Waals surface area (Å²) in [5.41, 5.74) is 0. The Morgan fingerprint density at radius 3 is 1.44 bits per heavy atom. The van der Waals surface area contributed by atoms with Crippen molar-refractivity contribution in [2.24, 2.45) is 0 Å². The molecule has 10 heteroatoms. The van der Waals surface area contributed by atoms with Crippen LogP contribution in [0.2, 0.25) is 0 Å². The van der Waals surface area contributed by atoms with E-state index in [4.69, 9.17) is 13.8 Å². The van der Waals surface area contributed by atoms with Crippen molar-refractivity contribution in [2.75, 3.05) is 40.9 Å². The molecule has 0 aromatic rings. The number of esters is 1. The number of unbranched alkanes of at least 4 members (excludes halogenated alkanes) is 23. The summed E-state index contributed by atoms with van der Waals surface area (Å²) in [5, 5.41) is 3.02. The van der Waals surface area contributed by atoms with Gasteiger partial charge in [-0.3, -0.25) is 18.6 Å². The Bertz CT molecular complexity index is 1700. The Balaban J connectivity index is 5.35. The Kier molecular flexibility index (Phi) is 51.2. The van der Waals surface area contributed by atoms with Crippen LogP contribution in [0.1, 0.15) is 226 Å². The lowest BCUT2D eigenvalue weighted by Crippen LogP contribution is -2.47. The number of amides is 1. The van der Waals surface area contributed by atoms with E-state index in [1.807, 2.05) is 94.1 Å². The number of allylic oxidation sites excluding steroid dienone is 19. The number of carbonyl (C=O) groups excluding carboxylic acids is 2. The van der Waals surface area contributed by atoms with Gasteiger partial charge in [-0.1, -0.05) is 245 Å². The van der Waals surface area contributed by atoms with Crippen LogP contribution in [-0.2, 0) is 27.9 Å². The minimum atomic E-state index is -4.47. The number of hydrogen-bond donors (Lipinski definition) is 2. The first-order valence-corrected chi connectivity index (χ1v) is 31.4. The number of ether oxygens (including phenoxy) is 1. The van der Waals surface area contributed by atoms with Gasteiger partial charge in [0.1, 0.15) is 19.3 Å². The average molecular weight is 1060 g/mol. The van der Waals surface area contributed by atoms with Gasteiger partial charge in [0.2, 0.25) is 5.91 Å². The second kappa shape index (κ2) is 53.8. The fourth-order valence-electron chi connectivity index (χ4n) is 7.92. The summed E-state index contributed by atoms with van der Waals surface area (Å²) < 4.78 is 30.6. The smallest absolute Gasteiger partial charge is 0.456 e. The van der Waals surface area contributed by atoms with Crippen LogP contribution in [0.15, 0.2) is 122 Å². The van der Waals surface area contributed by atoms with Crippen LogP contribution < -0.4 is 5.32 Å². The van der Waals surface area contributed by atoms with E-state index in [1.54, 1.807) is 0 Å². The van der Waals surface area contributed by atoms with Crippen molar-refractivity contribution in [3.63, 3.8) is 0 Å². The van der Waals surface area contributed by atoms with E-state index in [1.165, 1.54) is 96.3 Å². The Labute approximate surface area is 461 Å². The molecule has 0 aromatic carbocycles. The van der Waals surface area contributed by atoms with Gasteiger partial charge in [0.15, 0.2) is 0 Å². The number of hydrogen-bond acceptors (Lipinski definition) is 6. The molecule has 0 spiro atoms. The molecule has 2 N–H and O–H groups in total. The van der Waals surface area contributed by atoms with Crippen LogP contribution in [0, 0.1) is 0 Å². The van der Waals surface area contributed by atoms with E-state index in [-0.39, 0.29) is 37.9 Å². The SMILES string of the molecule is CC\C=C/C=C/C=C/C=C\C=C\C=C\CCCCCC(=O)NC(COP(=O)(O)OCC[N+](C)(C)C)C(/C=C/CCCCCCCCCCC)OC(=O)CCCCCCCCCC/C=C\C/C=C\C/C=C\CCCCC. The predicted molar refractivity (Wildman–Crippen MR) is 323 cm³/mol. The fraction of sp³-hybridized carbons (Fsp3) is 0.662. The van der Waals surface area contributed by atoms with Gasteiger partial charge in [0, 0.05) is 12.8 Å². The average Bonchev–Trinajstić information content (AvgIpc) is 3.37. The lowest BCUT2D eigenvalue weighted by atomic mass is 10.1. The first-order chi connectivity index (χ1) is 36.4. The number of quaternary nitrogens is 1. The monoisotopic (exact) mass is 1060 g/mol. The lowest BCUT2D eigenvalue weighted by molar-refractivity contribution is -0.870. The van der Waals surface area contributed by atoms with Gasteiger partial charge in [-0.15, -0.1) is 0 Å². The van der Waals surface area contributed by atoms with Gasteiger partial charge in [0.25, 0.3) is 0 Å². The molecule has 9 nitrogen and oxygen atoms in total. The molecule has 0 fully saturated rings. The van der Waals surface area contributed by atoms with E-state index < -0.39 is 20.0 Å². The van der Waals surface area contributed by atoms with Crippen molar-refractivity contribution in [2.45, 2.75) is 238 Å². The van der Waals surface area contributed by atoms with Gasteiger partial charge >= 0.3 is 13.8 Å². The molecule has 0 aliphatic heterocycles. The summed E-state index contributed by atoms with van der Waals surface area (Å²) >= 11 is 0. The van der Waals surface area contributed by atoms with Crippen LogP contribution in [0.5, 0.6) is 0 Å². The largest absolute Gasteiger partial charge is 0.472 e. The van der Waals surface area contributed by atoms with Crippen molar-refractivity contribution >= 4 is 19.7 Å². The molecule has 0 aliphatic rings. The van der Waals surface area contributed by atoms with Crippen LogP contribution in [0.25, 0.3) is 0 Å². The summed E-state index contributed by atoms with van der Waals surface area (Å²) in [6.45, 7) is 6.77. The number of carbonyl (C=O) groups is 2. The van der Waals surface area contributed by atoms with Crippen LogP contribution >= 0.6 is 7.82 Å². The summed E-state index contributed by atoms with van der Waals surface area (Å²) in [5.74, 6) is -0.574. The number of rotatable bonds is 52. The third kappa shape index (κ3) is 55.0. The van der Waals surface area contributed by atoms with Gasteiger partial charge in [0.05, 0.1) is 33.8 Å². The number of nitrogens with one attached hydrogen (secondary N) is 1. The van der Waals surface area contributed by atoms with E-state index in [2.05, 4.69) is 74.7 Å². The molecule has 3 unspecified atom stereocenters. The number of phosphoric ester groups is 1. The molecule has 0 bridgehead atoms. The maximum Gasteiger partial charge on any atom is 0.472 e. The zero-order valence-electron chi connectivity index (χ0n) is 48.7. The van der Waals surface area contributed by atoms with E-state index in [9.17, 15) is 19.0 Å². The van der Waals surface area contributed by atoms with E-state index in [0.717, 1.165) is 89.9 Å². The quantitative estimate of drug-likeness (QED) is 0.0156. The Morgan fingerprint density at radius 2 is 0.907 bits per heavy atom. The molecule has 75 heavy (non-hydrogen) atoms. The van der Waals surface area contributed by atoms with Gasteiger partial charge in [-0.05, 0) is 89.5 Å². The van der Waals surface area contributed by atoms with Crippen molar-refractivity contribution in [3.05, 3.63) is 122 Å². The van der Waals surface area contributed by atoms with E-state index in [0.29, 0.717) is 17.4 Å². The van der Waals surface area contributed by atoms with Crippen molar-refractivity contribution in [1.29, 1.82) is 0 Å². The second-order valence-corrected chi connectivity index (χ2v) is 22.4. The fourth-order valence-corrected chi connectivity index (χ4v) is 8.65. The summed E-state index contributed by atoms with van der Waals surface area (Å²) in [4.78, 5) is 37.6. The predicted octanol–water partition coefficient (Wildman–Crippen LogP) is 18.3. The second-order valence-electron chi connectivity index (χ2n) is 20.9. The minimum Gasteiger partial charge on any atom is -0.456 e. The van der Waals surface area contributed by atoms with Crippen LogP contribution in [0.4, 0.5) is 0 Å². The zero-order chi connectivity index (χ0) is 55.0. The summed E-state index contributed by atoms with van der Waals surface area (Å²) in [6.07, 6.45) is 74.8. The molecule has 0 saturated heterocycles. The van der Waals surface area contributed by atoms with Crippen molar-refractivity contribution < 1.29 is 37.3 Å². The standard InChI is InChI=1S/C65H111N2O7P/c1-7-10-13-16-19-22-25-27-29-31-32-33-34-36-38-40-43-46-49-52-55-58-65(69)74-63(56-53-50-47-44-41-24-21-18-15-12-9-3)62(61-73-75(70,71)72-60-59-67(4,5)6)66-64(68)57-54-51-48-45-42-39-37-35-30-28-26-23-20-17-14-11-8-2/h11,14,17,19-20,22-23,26-30,32-33,35,37,39,42,53,56,62-63H,7-10,12-13,15-16,18,21,24-25,31,34,36,38,40-41,43-52,54-55,57-61H2,1-6H3,(H-,66,68,70,71)/p+1/b14-11-,20-17+,22-19-,26-23+,29-27-,30-28-,33-32-,37-35+,42-39+,56-53+. The van der Waals surface area contributed by atoms with Crippen molar-refractivity contribution in [1.82, 2.24) is 5.32 Å². The normalized spacial score (nSPS) is 14.6. The maximum atomic E-state index is 13.5. The third-order valence-electron chi connectivity index (χ3n) is 12.5. The highest BCUT2D eigenvalue weighted by molar-refractivity contribution is 7.47. The molecule has 0 radical (unpaired) electrons. The van der Waals surface area contributed by atoms with E-state index >= 15 is 0 Å². The van der Waals surface area contributed by atoms with Gasteiger partial charge < -0.3 is 19.4 Å². The van der Waals surface area contributed by atoms with Crippen LogP contribution in [-0.4, -0.2) is 74.3 Å². The number of nitrogens with zero attached hydrogens (tertiary/aromatic N) is 1. The molecule has 0 aromatic heterocycles. The molecular formula is C65H112N2O7P+. The number of phosphoric acid groups is 1. The summed E-state index contributed by atoms with van der Waals surface area (Å²) in [7, 11) is 1.44. The highest BCUT2D eigenvalue weighted by Crippen LogP contribution is 2.43. The molecule has 0 heterocycles. The van der Waals surface area contributed by atoms with Gasteiger partial charge in [-0.2, -0.15) is 0 Å². The maximum absolute atomic E-state index is 13.5. The Morgan fingerprint density at radius 1 is 0.493 bits per heavy atom. The molecule has 0 aliphatic carbocycles. The highest BCUT2D eigenvalue weighted by atomic mass is 31.2. The molecule has 1 amide bonds. The summed E-state index contributed by atoms with van der Waals surface area (Å²) in [6, 6.07) is -0.883. The van der Waals surface area contributed by atoms with Gasteiger partial charge in [-0.25, -0.2) is 4.57 Å². The first-order valence-electron chi connectivity index (χ1n) is 29.9. The Hall–Kier alpha value is -3.59. The first kappa shape index (κ1) is 71.4. The minimum absolute atomic E-state index is 0.0228. The topological polar surface area (TPSA) is 111 Å². The van der Waals surface area contributed by atoms with Crippen molar-refractivity contribution in [3.8, 4) is 0 Å². The lowest BCUT2D eigenvalue weighted by Gasteiger charge is -2.27.